The smallest absolute Gasteiger partial charge is 0.0547 e. The normalized spacial score (nSPS) is 11.2. The number of anilines is 6. The summed E-state index contributed by atoms with van der Waals surface area (Å²) < 4.78 is 5.69. The molecule has 0 unspecified atom stereocenters. The summed E-state index contributed by atoms with van der Waals surface area (Å²) in [6, 6.07) is 138. The van der Waals surface area contributed by atoms with Gasteiger partial charge in [-0.25, -0.2) is 0 Å². The Morgan fingerprint density at radius 1 is 0.200 bits per heavy atom. The molecule has 17 aromatic carbocycles. The Bertz CT molecular complexity index is 5790. The van der Waals surface area contributed by atoms with Crippen molar-refractivity contribution in [1.82, 2.24) is 4.57 Å². The van der Waals surface area contributed by atoms with E-state index in [0.717, 1.165) is 41.9 Å². The Labute approximate surface area is 608 Å². The van der Waals surface area contributed by atoms with Gasteiger partial charge < -0.3 is 14.4 Å². The highest BCUT2D eigenvalue weighted by molar-refractivity contribution is 9.11. The molecule has 3 nitrogen and oxygen atoms in total. The van der Waals surface area contributed by atoms with Crippen LogP contribution >= 0.6 is 47.8 Å². The van der Waals surface area contributed by atoms with E-state index in [9.17, 15) is 0 Å². The summed E-state index contributed by atoms with van der Waals surface area (Å²) in [5, 5.41) is 12.6. The van der Waals surface area contributed by atoms with Gasteiger partial charge in [0.05, 0.1) is 22.4 Å². The van der Waals surface area contributed by atoms with Gasteiger partial charge in [-0.1, -0.05) is 303 Å². The summed E-state index contributed by atoms with van der Waals surface area (Å²) in [6.45, 7) is 0. The molecule has 0 amide bonds. The lowest BCUT2D eigenvalue weighted by atomic mass is 9.96. The van der Waals surface area contributed by atoms with Crippen molar-refractivity contribution in [3.63, 3.8) is 0 Å². The zero-order valence-corrected chi connectivity index (χ0v) is 59.2. The molecule has 0 spiro atoms. The van der Waals surface area contributed by atoms with Gasteiger partial charge in [-0.15, -0.1) is 0 Å². The molecule has 18 aromatic rings. The van der Waals surface area contributed by atoms with E-state index in [0.29, 0.717) is 0 Å². The van der Waals surface area contributed by atoms with Gasteiger partial charge in [0.2, 0.25) is 0 Å². The Balaban J connectivity index is 0.000000117. The Morgan fingerprint density at radius 2 is 0.520 bits per heavy atom. The van der Waals surface area contributed by atoms with Crippen molar-refractivity contribution in [3.8, 4) is 50.2 Å². The molecular formula is C94H64Br3N3. The van der Waals surface area contributed by atoms with Crippen molar-refractivity contribution in [1.29, 1.82) is 0 Å². The fraction of sp³-hybridized carbons (Fsp3) is 0. The minimum absolute atomic E-state index is 1.09. The number of rotatable bonds is 11. The lowest BCUT2D eigenvalue weighted by Gasteiger charge is -2.27. The van der Waals surface area contributed by atoms with Crippen molar-refractivity contribution >= 4 is 147 Å². The maximum absolute atomic E-state index is 3.53. The number of benzene rings is 17. The van der Waals surface area contributed by atoms with Crippen LogP contribution in [0, 0.1) is 0 Å². The van der Waals surface area contributed by atoms with Crippen LogP contribution in [0.4, 0.5) is 34.1 Å². The number of nitrogens with zero attached hydrogens (tertiary/aromatic N) is 3. The van der Waals surface area contributed by atoms with Gasteiger partial charge in [0, 0.05) is 63.4 Å². The average molecular weight is 1480 g/mol. The molecule has 0 fully saturated rings. The molecule has 0 aliphatic carbocycles. The van der Waals surface area contributed by atoms with Crippen molar-refractivity contribution < 1.29 is 0 Å². The molecule has 0 atom stereocenters. The number of hydrogen-bond acceptors (Lipinski definition) is 2. The van der Waals surface area contributed by atoms with Crippen molar-refractivity contribution in [2.45, 2.75) is 0 Å². The van der Waals surface area contributed by atoms with Gasteiger partial charge in [-0.05, 0) is 210 Å². The third kappa shape index (κ3) is 13.2. The van der Waals surface area contributed by atoms with Crippen LogP contribution in [0.25, 0.3) is 115 Å². The highest BCUT2D eigenvalue weighted by atomic mass is 79.9. The lowest BCUT2D eigenvalue weighted by molar-refractivity contribution is 1.18. The number of fused-ring (bicyclic) bond motifs is 7. The first-order valence-electron chi connectivity index (χ1n) is 33.5. The quantitative estimate of drug-likeness (QED) is 0.128. The molecule has 100 heavy (non-hydrogen) atoms. The largest absolute Gasteiger partial charge is 0.310 e. The van der Waals surface area contributed by atoms with E-state index in [4.69, 9.17) is 0 Å². The number of aromatic nitrogens is 1. The molecule has 0 aliphatic heterocycles. The fourth-order valence-corrected chi connectivity index (χ4v) is 14.6. The zero-order chi connectivity index (χ0) is 67.3. The van der Waals surface area contributed by atoms with Crippen LogP contribution in [0.2, 0.25) is 0 Å². The van der Waals surface area contributed by atoms with E-state index in [2.05, 4.69) is 450 Å². The predicted octanol–water partition coefficient (Wildman–Crippen LogP) is 28.7. The van der Waals surface area contributed by atoms with Crippen LogP contribution in [0.3, 0.4) is 0 Å². The van der Waals surface area contributed by atoms with Crippen LogP contribution in [0.5, 0.6) is 0 Å². The highest BCUT2D eigenvalue weighted by Gasteiger charge is 2.20. The first kappa shape index (κ1) is 63.4. The fourth-order valence-electron chi connectivity index (χ4n) is 13.8. The first-order valence-corrected chi connectivity index (χ1v) is 35.9. The zero-order valence-electron chi connectivity index (χ0n) is 54.4. The minimum atomic E-state index is 1.09. The Morgan fingerprint density at radius 3 is 0.960 bits per heavy atom. The molecule has 0 aliphatic rings. The van der Waals surface area contributed by atoms with Gasteiger partial charge in [-0.3, -0.25) is 0 Å². The molecule has 18 rings (SSSR count). The second-order valence-corrected chi connectivity index (χ2v) is 27.6. The molecule has 0 saturated carbocycles. The second kappa shape index (κ2) is 28.6. The van der Waals surface area contributed by atoms with Crippen LogP contribution in [-0.2, 0) is 0 Å². The molecular weight excluding hydrogens is 1410 g/mol. The molecule has 6 heteroatoms. The van der Waals surface area contributed by atoms with E-state index >= 15 is 0 Å². The van der Waals surface area contributed by atoms with E-state index in [-0.39, 0.29) is 0 Å². The van der Waals surface area contributed by atoms with Crippen LogP contribution in [0.15, 0.2) is 402 Å². The molecule has 1 aromatic heterocycles. The summed E-state index contributed by atoms with van der Waals surface area (Å²) in [4.78, 5) is 4.68. The van der Waals surface area contributed by atoms with Crippen molar-refractivity contribution in [2.75, 3.05) is 9.80 Å². The van der Waals surface area contributed by atoms with Gasteiger partial charge in [0.1, 0.15) is 0 Å². The summed E-state index contributed by atoms with van der Waals surface area (Å²) in [5.41, 5.74) is 20.2. The third-order valence-corrected chi connectivity index (χ3v) is 20.3. The summed E-state index contributed by atoms with van der Waals surface area (Å²) >= 11 is 10.6. The molecule has 0 radical (unpaired) electrons. The maximum Gasteiger partial charge on any atom is 0.0547 e. The maximum atomic E-state index is 3.53. The van der Waals surface area contributed by atoms with E-state index in [1.165, 1.54) is 121 Å². The van der Waals surface area contributed by atoms with Crippen molar-refractivity contribution in [2.24, 2.45) is 0 Å². The van der Waals surface area contributed by atoms with Gasteiger partial charge in [-0.2, -0.15) is 0 Å². The van der Waals surface area contributed by atoms with Gasteiger partial charge in [0.15, 0.2) is 0 Å². The van der Waals surface area contributed by atoms with E-state index in [1.807, 2.05) is 0 Å². The Kier molecular flexibility index (Phi) is 18.1. The molecule has 0 bridgehead atoms. The Hall–Kier alpha value is -11.4. The van der Waals surface area contributed by atoms with E-state index in [1.54, 1.807) is 0 Å². The molecule has 476 valence electrons. The summed E-state index contributed by atoms with van der Waals surface area (Å²) in [6.07, 6.45) is 0. The van der Waals surface area contributed by atoms with E-state index < -0.39 is 0 Å². The number of hydrogen-bond donors (Lipinski definition) is 0. The van der Waals surface area contributed by atoms with Gasteiger partial charge >= 0.3 is 0 Å². The van der Waals surface area contributed by atoms with Crippen molar-refractivity contribution in [3.05, 3.63) is 402 Å². The molecule has 0 saturated heterocycles. The molecule has 1 heterocycles. The third-order valence-electron chi connectivity index (χ3n) is 18.7. The van der Waals surface area contributed by atoms with Crippen LogP contribution in [0.1, 0.15) is 0 Å². The summed E-state index contributed by atoms with van der Waals surface area (Å²) in [5.74, 6) is 0. The van der Waals surface area contributed by atoms with Crippen LogP contribution < -0.4 is 9.80 Å². The first-order chi connectivity index (χ1) is 49.3. The number of para-hydroxylation sites is 2. The topological polar surface area (TPSA) is 11.4 Å². The second-order valence-electron chi connectivity index (χ2n) is 24.8. The van der Waals surface area contributed by atoms with Crippen LogP contribution in [-0.4, -0.2) is 4.57 Å². The van der Waals surface area contributed by atoms with Gasteiger partial charge in [0.25, 0.3) is 0 Å². The predicted molar refractivity (Wildman–Crippen MR) is 438 cm³/mol. The standard InChI is InChI=1S/C34H24BrN.C32H20BrN.C28H20BrN/c35-28-19-15-25(16-20-28)26-17-21-30(22-18-26)36(29-11-5-2-6-12-29)34-24-23-31(27-9-3-1-4-10-27)32-13-7-8-14-33(32)34;33-27-13-9-21(10-14-27)22-11-15-28(16-12-22)34-31-19-25-7-3-1-5-23(25)17-29(31)30-18-24-6-2-4-8-26(24)20-32(30)34;29-24-17-13-21(14-18-24)22-15-19-26(20-16-22)30(25-9-2-1-3-10-25)28-12-6-8-23-7-4-5-11-27(23)28/h1-24H;1-20H;1-20H. The monoisotopic (exact) mass is 1470 g/mol. The minimum Gasteiger partial charge on any atom is -0.310 e. The highest BCUT2D eigenvalue weighted by Crippen LogP contribution is 2.44. The summed E-state index contributed by atoms with van der Waals surface area (Å²) in [7, 11) is 0. The number of halogens is 3. The average Bonchev–Trinajstić information content (AvgIpc) is 1.54. The SMILES string of the molecule is Brc1ccc(-c2ccc(-n3c4cc5ccccc5cc4c4cc5ccccc5cc43)cc2)cc1.Brc1ccc(-c2ccc(N(c3ccccc3)c3ccc(-c4ccccc4)c4ccccc34)cc2)cc1.Brc1ccc(-c2ccc(N(c3ccccc3)c3cccc4ccccc34)cc2)cc1. The lowest BCUT2D eigenvalue weighted by Crippen LogP contribution is -2.10. The molecule has 0 N–H and O–H groups in total.